The van der Waals surface area contributed by atoms with Crippen LogP contribution in [-0.2, 0) is 0 Å². The molecule has 0 radical (unpaired) electrons. The number of aryl methyl sites for hydroxylation is 2. The molecule has 84 valence electrons. The second-order valence-electron chi connectivity index (χ2n) is 3.52. The molecule has 0 amide bonds. The van der Waals surface area contributed by atoms with Crippen molar-refractivity contribution in [3.63, 3.8) is 0 Å². The third kappa shape index (κ3) is 3.32. The topological polar surface area (TPSA) is 33.0 Å². The van der Waals surface area contributed by atoms with Crippen molar-refractivity contribution in [2.45, 2.75) is 13.8 Å². The molecule has 0 aromatic heterocycles. The van der Waals surface area contributed by atoms with E-state index in [0.29, 0.717) is 17.9 Å². The van der Waals surface area contributed by atoms with Gasteiger partial charge in [0.15, 0.2) is 0 Å². The van der Waals surface area contributed by atoms with E-state index < -0.39 is 0 Å². The Hall–Kier alpha value is -1.40. The van der Waals surface area contributed by atoms with Gasteiger partial charge >= 0.3 is 0 Å². The van der Waals surface area contributed by atoms with Gasteiger partial charge in [-0.3, -0.25) is 0 Å². The molecule has 0 unspecified atom stereocenters. The summed E-state index contributed by atoms with van der Waals surface area (Å²) in [5.41, 5.74) is 2.67. The van der Waals surface area contributed by atoms with E-state index in [1.54, 1.807) is 0 Å². The van der Waals surface area contributed by atoms with Gasteiger partial charge in [-0.15, -0.1) is 0 Å². The third-order valence-corrected chi connectivity index (χ3v) is 2.40. The fraction of sp³-hybridized carbons (Fsp3) is 0.308. The van der Waals surface area contributed by atoms with Crippen LogP contribution in [0.15, 0.2) is 24.3 Å². The molecular weight excluding hydrogens is 218 g/mol. The second-order valence-corrected chi connectivity index (χ2v) is 3.88. The molecule has 0 spiro atoms. The Morgan fingerprint density at radius 3 is 2.44 bits per heavy atom. The van der Waals surface area contributed by atoms with Crippen LogP contribution in [0.25, 0.3) is 0 Å². The van der Waals surface area contributed by atoms with E-state index in [4.69, 9.17) is 10.00 Å². The minimum atomic E-state index is 0.536. The lowest BCUT2D eigenvalue weighted by Crippen LogP contribution is -1.98. The average molecular weight is 233 g/mol. The molecule has 0 N–H and O–H groups in total. The van der Waals surface area contributed by atoms with E-state index in [1.165, 1.54) is 0 Å². The first kappa shape index (κ1) is 12.7. The third-order valence-electron chi connectivity index (χ3n) is 2.19. The van der Waals surface area contributed by atoms with Gasteiger partial charge in [-0.25, -0.2) is 0 Å². The summed E-state index contributed by atoms with van der Waals surface area (Å²) >= 11 is 4.07. The van der Waals surface area contributed by atoms with Crippen LogP contribution in [0.5, 0.6) is 5.75 Å². The smallest absolute Gasteiger partial charge is 0.125 e. The zero-order chi connectivity index (χ0) is 12.0. The van der Waals surface area contributed by atoms with E-state index in [-0.39, 0.29) is 0 Å². The summed E-state index contributed by atoms with van der Waals surface area (Å²) in [5, 5.41) is 8.81. The fourth-order valence-corrected chi connectivity index (χ4v) is 1.67. The van der Waals surface area contributed by atoms with Crippen LogP contribution in [0.2, 0.25) is 0 Å². The van der Waals surface area contributed by atoms with Crippen LogP contribution in [0.4, 0.5) is 0 Å². The molecule has 0 aliphatic heterocycles. The maximum Gasteiger partial charge on any atom is 0.125 e. The van der Waals surface area contributed by atoms with Crippen molar-refractivity contribution in [1.29, 1.82) is 5.26 Å². The molecule has 3 heteroatoms. The van der Waals surface area contributed by atoms with Crippen molar-refractivity contribution in [2.24, 2.45) is 0 Å². The minimum absolute atomic E-state index is 0.536. The monoisotopic (exact) mass is 233 g/mol. The van der Waals surface area contributed by atoms with Gasteiger partial charge in [-0.2, -0.15) is 17.9 Å². The molecule has 1 aromatic rings. The summed E-state index contributed by atoms with van der Waals surface area (Å²) in [6, 6.07) is 5.81. The highest BCUT2D eigenvalue weighted by molar-refractivity contribution is 7.80. The van der Waals surface area contributed by atoms with Crippen LogP contribution in [0.3, 0.4) is 0 Å². The molecule has 0 fully saturated rings. The first-order chi connectivity index (χ1) is 7.69. The number of nitriles is 1. The maximum absolute atomic E-state index is 8.81. The van der Waals surface area contributed by atoms with Gasteiger partial charge in [-0.1, -0.05) is 12.2 Å². The summed E-state index contributed by atoms with van der Waals surface area (Å²) in [6.07, 6.45) is 3.88. The Labute approximate surface area is 102 Å². The molecule has 0 bridgehead atoms. The van der Waals surface area contributed by atoms with Crippen LogP contribution in [0.1, 0.15) is 16.7 Å². The predicted molar refractivity (Wildman–Crippen MR) is 69.1 cm³/mol. The highest BCUT2D eigenvalue weighted by Crippen LogP contribution is 2.24. The standard InChI is InChI=1S/C13H15NOS/c1-10-7-12(9-14)8-11(2)13(10)15-5-3-4-6-16/h3-4,7-8,16H,5-6H2,1-2H3. The first-order valence-corrected chi connectivity index (χ1v) is 5.72. The lowest BCUT2D eigenvalue weighted by molar-refractivity contribution is 0.357. The van der Waals surface area contributed by atoms with Gasteiger partial charge in [-0.05, 0) is 37.1 Å². The van der Waals surface area contributed by atoms with Gasteiger partial charge in [0.25, 0.3) is 0 Å². The highest BCUT2D eigenvalue weighted by Gasteiger charge is 2.05. The Balaban J connectivity index is 2.81. The molecule has 0 aliphatic carbocycles. The summed E-state index contributed by atoms with van der Waals surface area (Å²) in [7, 11) is 0. The first-order valence-electron chi connectivity index (χ1n) is 5.09. The highest BCUT2D eigenvalue weighted by atomic mass is 32.1. The predicted octanol–water partition coefficient (Wildman–Crippen LogP) is 3.04. The second kappa shape index (κ2) is 6.24. The van der Waals surface area contributed by atoms with Crippen molar-refractivity contribution < 1.29 is 4.74 Å². The normalized spacial score (nSPS) is 10.4. The average Bonchev–Trinajstić information content (AvgIpc) is 2.26. The van der Waals surface area contributed by atoms with E-state index in [1.807, 2.05) is 38.1 Å². The van der Waals surface area contributed by atoms with Crippen molar-refractivity contribution in [3.8, 4) is 11.8 Å². The number of hydrogen-bond acceptors (Lipinski definition) is 3. The Morgan fingerprint density at radius 2 is 1.94 bits per heavy atom. The Bertz CT molecular complexity index is 409. The molecule has 0 atom stereocenters. The van der Waals surface area contributed by atoms with Gasteiger partial charge in [0.1, 0.15) is 12.4 Å². The number of hydrogen-bond donors (Lipinski definition) is 1. The van der Waals surface area contributed by atoms with Crippen molar-refractivity contribution in [2.75, 3.05) is 12.4 Å². The lowest BCUT2D eigenvalue weighted by Gasteiger charge is -2.10. The molecular formula is C13H15NOS. The van der Waals surface area contributed by atoms with E-state index >= 15 is 0 Å². The molecule has 1 aromatic carbocycles. The summed E-state index contributed by atoms with van der Waals surface area (Å²) in [4.78, 5) is 0. The number of nitrogens with zero attached hydrogens (tertiary/aromatic N) is 1. The molecule has 0 saturated heterocycles. The van der Waals surface area contributed by atoms with Gasteiger partial charge < -0.3 is 4.74 Å². The van der Waals surface area contributed by atoms with Crippen molar-refractivity contribution in [3.05, 3.63) is 41.0 Å². The van der Waals surface area contributed by atoms with Crippen LogP contribution in [-0.4, -0.2) is 12.4 Å². The number of benzene rings is 1. The number of thiol groups is 1. The lowest BCUT2D eigenvalue weighted by atomic mass is 10.1. The molecule has 0 aliphatic rings. The van der Waals surface area contributed by atoms with Gasteiger partial charge in [0.2, 0.25) is 0 Å². The minimum Gasteiger partial charge on any atom is -0.489 e. The van der Waals surface area contributed by atoms with E-state index in [0.717, 1.165) is 16.9 Å². The molecule has 0 saturated carbocycles. The molecule has 1 rings (SSSR count). The van der Waals surface area contributed by atoms with Crippen LogP contribution < -0.4 is 4.74 Å². The summed E-state index contributed by atoms with van der Waals surface area (Å²) < 4.78 is 5.64. The van der Waals surface area contributed by atoms with Gasteiger partial charge in [0, 0.05) is 5.75 Å². The Kier molecular flexibility index (Phi) is 4.94. The quantitative estimate of drug-likeness (QED) is 0.640. The van der Waals surface area contributed by atoms with Crippen molar-refractivity contribution >= 4 is 12.6 Å². The molecule has 2 nitrogen and oxygen atoms in total. The van der Waals surface area contributed by atoms with E-state index in [2.05, 4.69) is 18.7 Å². The zero-order valence-corrected chi connectivity index (χ0v) is 10.4. The van der Waals surface area contributed by atoms with E-state index in [9.17, 15) is 0 Å². The van der Waals surface area contributed by atoms with Gasteiger partial charge in [0.05, 0.1) is 11.6 Å². The summed E-state index contributed by atoms with van der Waals surface area (Å²) in [6.45, 7) is 4.44. The maximum atomic E-state index is 8.81. The number of rotatable bonds is 4. The summed E-state index contributed by atoms with van der Waals surface area (Å²) in [5.74, 6) is 1.58. The Morgan fingerprint density at radius 1 is 1.31 bits per heavy atom. The number of ether oxygens (including phenoxy) is 1. The molecule has 0 heterocycles. The largest absolute Gasteiger partial charge is 0.489 e. The zero-order valence-electron chi connectivity index (χ0n) is 9.53. The fourth-order valence-electron chi connectivity index (χ4n) is 1.52. The SMILES string of the molecule is Cc1cc(C#N)cc(C)c1OCC=CCS. The van der Waals surface area contributed by atoms with Crippen LogP contribution in [0, 0.1) is 25.2 Å². The molecule has 16 heavy (non-hydrogen) atoms. The van der Waals surface area contributed by atoms with Crippen LogP contribution >= 0.6 is 12.6 Å². The van der Waals surface area contributed by atoms with Crippen molar-refractivity contribution in [1.82, 2.24) is 0 Å².